The Bertz CT molecular complexity index is 636. The van der Waals surface area contributed by atoms with Crippen LogP contribution in [0.15, 0.2) is 54.6 Å². The Kier molecular flexibility index (Phi) is 5.39. The van der Waals surface area contributed by atoms with Crippen molar-refractivity contribution >= 4 is 5.78 Å². The molecule has 0 bridgehead atoms. The molecule has 0 aliphatic carbocycles. The Balaban J connectivity index is 2.28. The van der Waals surface area contributed by atoms with E-state index in [1.807, 2.05) is 0 Å². The van der Waals surface area contributed by atoms with Crippen LogP contribution in [0.3, 0.4) is 0 Å². The summed E-state index contributed by atoms with van der Waals surface area (Å²) in [5.74, 6) is -2.77. The quantitative estimate of drug-likeness (QED) is 0.590. The van der Waals surface area contributed by atoms with Crippen molar-refractivity contribution in [3.8, 4) is 5.75 Å². The summed E-state index contributed by atoms with van der Waals surface area (Å²) in [6, 6.07) is 12.6. The summed E-state index contributed by atoms with van der Waals surface area (Å²) in [7, 11) is 1.45. The summed E-state index contributed by atoms with van der Waals surface area (Å²) < 4.78 is 49.8. The van der Waals surface area contributed by atoms with E-state index in [0.717, 1.165) is 0 Å². The second kappa shape index (κ2) is 7.28. The van der Waals surface area contributed by atoms with E-state index in [2.05, 4.69) is 0 Å². The molecule has 2 rings (SSSR count). The SMILES string of the molecule is COCOc1ccc(C(=O)C(c2ccccc2)C(F)(F)F)cc1. The van der Waals surface area contributed by atoms with Gasteiger partial charge >= 0.3 is 6.18 Å². The van der Waals surface area contributed by atoms with Crippen molar-refractivity contribution in [1.29, 1.82) is 0 Å². The smallest absolute Gasteiger partial charge is 0.402 e. The first-order chi connectivity index (χ1) is 10.9. The summed E-state index contributed by atoms with van der Waals surface area (Å²) in [6.45, 7) is 0.0164. The molecule has 0 N–H and O–H groups in total. The number of carbonyl (C=O) groups is 1. The maximum absolute atomic E-state index is 13.3. The van der Waals surface area contributed by atoms with Crippen molar-refractivity contribution in [3.05, 3.63) is 65.7 Å². The fourth-order valence-corrected chi connectivity index (χ4v) is 2.14. The van der Waals surface area contributed by atoms with E-state index >= 15 is 0 Å². The van der Waals surface area contributed by atoms with E-state index in [-0.39, 0.29) is 17.9 Å². The molecule has 3 nitrogen and oxygen atoms in total. The van der Waals surface area contributed by atoms with Gasteiger partial charge in [0.25, 0.3) is 0 Å². The van der Waals surface area contributed by atoms with Gasteiger partial charge in [-0.1, -0.05) is 30.3 Å². The number of carbonyl (C=O) groups excluding carboxylic acids is 1. The van der Waals surface area contributed by atoms with Crippen molar-refractivity contribution in [2.45, 2.75) is 12.1 Å². The third-order valence-corrected chi connectivity index (χ3v) is 3.20. The number of alkyl halides is 3. The Morgan fingerprint density at radius 1 is 1.04 bits per heavy atom. The molecule has 0 fully saturated rings. The average Bonchev–Trinajstić information content (AvgIpc) is 2.53. The molecule has 0 aliphatic rings. The first-order valence-electron chi connectivity index (χ1n) is 6.81. The van der Waals surface area contributed by atoms with Crippen LogP contribution in [0.4, 0.5) is 13.2 Å². The van der Waals surface area contributed by atoms with Crippen LogP contribution in [0.1, 0.15) is 21.8 Å². The van der Waals surface area contributed by atoms with Crippen LogP contribution >= 0.6 is 0 Å². The van der Waals surface area contributed by atoms with Crippen molar-refractivity contribution < 1.29 is 27.4 Å². The maximum Gasteiger partial charge on any atom is 0.402 e. The number of hydrogen-bond acceptors (Lipinski definition) is 3. The summed E-state index contributed by atoms with van der Waals surface area (Å²) in [5, 5.41) is 0. The topological polar surface area (TPSA) is 35.5 Å². The molecule has 0 saturated heterocycles. The van der Waals surface area contributed by atoms with Crippen LogP contribution in [0.25, 0.3) is 0 Å². The molecule has 122 valence electrons. The highest BCUT2D eigenvalue weighted by molar-refractivity contribution is 6.01. The molecule has 0 aliphatic heterocycles. The Morgan fingerprint density at radius 3 is 2.17 bits per heavy atom. The van der Waals surface area contributed by atoms with Gasteiger partial charge in [0.05, 0.1) is 0 Å². The molecule has 0 heterocycles. The van der Waals surface area contributed by atoms with E-state index < -0.39 is 17.9 Å². The van der Waals surface area contributed by atoms with Crippen molar-refractivity contribution in [2.75, 3.05) is 13.9 Å². The number of halogens is 3. The minimum Gasteiger partial charge on any atom is -0.468 e. The Morgan fingerprint density at radius 2 is 1.65 bits per heavy atom. The van der Waals surface area contributed by atoms with E-state index in [4.69, 9.17) is 9.47 Å². The fraction of sp³-hybridized carbons (Fsp3) is 0.235. The molecule has 0 radical (unpaired) electrons. The van der Waals surface area contributed by atoms with Crippen LogP contribution in [-0.4, -0.2) is 25.9 Å². The number of Topliss-reactive ketones (excluding diaryl/α,β-unsaturated/α-hetero) is 1. The van der Waals surface area contributed by atoms with Crippen molar-refractivity contribution in [1.82, 2.24) is 0 Å². The van der Waals surface area contributed by atoms with Gasteiger partial charge in [-0.05, 0) is 29.8 Å². The lowest BCUT2D eigenvalue weighted by Crippen LogP contribution is -2.28. The highest BCUT2D eigenvalue weighted by Gasteiger charge is 2.45. The number of methoxy groups -OCH3 is 1. The number of hydrogen-bond donors (Lipinski definition) is 0. The zero-order valence-corrected chi connectivity index (χ0v) is 12.3. The van der Waals surface area contributed by atoms with Crippen LogP contribution in [0.5, 0.6) is 5.75 Å². The fourth-order valence-electron chi connectivity index (χ4n) is 2.14. The normalized spacial score (nSPS) is 12.7. The van der Waals surface area contributed by atoms with Crippen LogP contribution in [-0.2, 0) is 4.74 Å². The Labute approximate surface area is 131 Å². The molecule has 1 atom stereocenters. The number of benzene rings is 2. The number of rotatable bonds is 6. The van der Waals surface area contributed by atoms with Gasteiger partial charge in [-0.2, -0.15) is 13.2 Å². The van der Waals surface area contributed by atoms with Gasteiger partial charge < -0.3 is 9.47 Å². The monoisotopic (exact) mass is 324 g/mol. The highest BCUT2D eigenvalue weighted by atomic mass is 19.4. The number of ether oxygens (including phenoxy) is 2. The zero-order chi connectivity index (χ0) is 16.9. The van der Waals surface area contributed by atoms with Gasteiger partial charge in [0.1, 0.15) is 11.7 Å². The molecular weight excluding hydrogens is 309 g/mol. The molecule has 1 unspecified atom stereocenters. The molecular formula is C17H15F3O3. The third-order valence-electron chi connectivity index (χ3n) is 3.20. The van der Waals surface area contributed by atoms with Gasteiger partial charge in [0.2, 0.25) is 0 Å². The van der Waals surface area contributed by atoms with E-state index in [1.165, 1.54) is 55.6 Å². The van der Waals surface area contributed by atoms with Gasteiger partial charge in [-0.3, -0.25) is 4.79 Å². The predicted molar refractivity (Wildman–Crippen MR) is 78.5 cm³/mol. The average molecular weight is 324 g/mol. The van der Waals surface area contributed by atoms with Crippen molar-refractivity contribution in [3.63, 3.8) is 0 Å². The highest BCUT2D eigenvalue weighted by Crippen LogP contribution is 2.37. The molecule has 0 saturated carbocycles. The first-order valence-corrected chi connectivity index (χ1v) is 6.81. The lowest BCUT2D eigenvalue weighted by molar-refractivity contribution is -0.139. The van der Waals surface area contributed by atoms with E-state index in [9.17, 15) is 18.0 Å². The van der Waals surface area contributed by atoms with Crippen LogP contribution in [0.2, 0.25) is 0 Å². The van der Waals surface area contributed by atoms with Gasteiger partial charge in [0.15, 0.2) is 12.6 Å². The summed E-state index contributed by atoms with van der Waals surface area (Å²) >= 11 is 0. The minimum atomic E-state index is -4.66. The van der Waals surface area contributed by atoms with E-state index in [1.54, 1.807) is 6.07 Å². The number of ketones is 1. The molecule has 6 heteroatoms. The molecule has 0 spiro atoms. The minimum absolute atomic E-state index is 0.0164. The zero-order valence-electron chi connectivity index (χ0n) is 12.3. The molecule has 0 aromatic heterocycles. The maximum atomic E-state index is 13.3. The second-order valence-corrected chi connectivity index (χ2v) is 4.82. The van der Waals surface area contributed by atoms with Crippen molar-refractivity contribution in [2.24, 2.45) is 0 Å². The van der Waals surface area contributed by atoms with Gasteiger partial charge in [-0.15, -0.1) is 0 Å². The molecule has 23 heavy (non-hydrogen) atoms. The lowest BCUT2D eigenvalue weighted by atomic mass is 9.90. The Hall–Kier alpha value is -2.34. The molecule has 2 aromatic rings. The van der Waals surface area contributed by atoms with E-state index in [0.29, 0.717) is 5.75 Å². The predicted octanol–water partition coefficient (Wildman–Crippen LogP) is 4.20. The lowest BCUT2D eigenvalue weighted by Gasteiger charge is -2.19. The molecule has 0 amide bonds. The summed E-state index contributed by atoms with van der Waals surface area (Å²) in [6.07, 6.45) is -4.66. The van der Waals surface area contributed by atoms with Crippen LogP contribution in [0, 0.1) is 0 Å². The van der Waals surface area contributed by atoms with Gasteiger partial charge in [0, 0.05) is 12.7 Å². The van der Waals surface area contributed by atoms with Crippen LogP contribution < -0.4 is 4.74 Å². The molecule has 2 aromatic carbocycles. The summed E-state index contributed by atoms with van der Waals surface area (Å²) in [5.41, 5.74) is -0.106. The summed E-state index contributed by atoms with van der Waals surface area (Å²) in [4.78, 5) is 12.3. The third kappa shape index (κ3) is 4.32. The first kappa shape index (κ1) is 17.0. The standard InChI is InChI=1S/C17H15F3O3/c1-22-11-23-14-9-7-13(8-10-14)16(21)15(17(18,19)20)12-5-3-2-4-6-12/h2-10,15H,11H2,1H3. The largest absolute Gasteiger partial charge is 0.468 e. The second-order valence-electron chi connectivity index (χ2n) is 4.82. The van der Waals surface area contributed by atoms with Gasteiger partial charge in [-0.25, -0.2) is 0 Å².